The van der Waals surface area contributed by atoms with Crippen LogP contribution in [0.25, 0.3) is 0 Å². The van der Waals surface area contributed by atoms with Crippen LogP contribution in [0.4, 0.5) is 0 Å². The molecule has 0 spiro atoms. The Balaban J connectivity index is 2.06. The van der Waals surface area contributed by atoms with Crippen molar-refractivity contribution in [3.63, 3.8) is 0 Å². The van der Waals surface area contributed by atoms with Crippen molar-refractivity contribution in [2.75, 3.05) is 0 Å². The molecule has 134 valence electrons. The number of esters is 2. The maximum absolute atomic E-state index is 12.3. The highest BCUT2D eigenvalue weighted by molar-refractivity contribution is 6.32. The number of amides is 1. The van der Waals surface area contributed by atoms with Gasteiger partial charge in [-0.05, 0) is 24.5 Å². The molecule has 2 atom stereocenters. The summed E-state index contributed by atoms with van der Waals surface area (Å²) in [7, 11) is 0.284. The average molecular weight is 347 g/mol. The summed E-state index contributed by atoms with van der Waals surface area (Å²) in [5.41, 5.74) is 1.09. The number of hydrogen-bond donors (Lipinski definition) is 1. The van der Waals surface area contributed by atoms with Crippen LogP contribution in [-0.4, -0.2) is 37.6 Å². The van der Waals surface area contributed by atoms with Crippen LogP contribution >= 0.6 is 0 Å². The van der Waals surface area contributed by atoms with Crippen LogP contribution in [0.5, 0.6) is 5.75 Å². The highest BCUT2D eigenvalue weighted by Gasteiger charge is 2.28. The van der Waals surface area contributed by atoms with Gasteiger partial charge in [0.25, 0.3) is 0 Å². The predicted octanol–water partition coefficient (Wildman–Crippen LogP) is 1.28. The molecule has 1 amide bonds. The highest BCUT2D eigenvalue weighted by Crippen LogP contribution is 2.29. The van der Waals surface area contributed by atoms with Gasteiger partial charge in [-0.1, -0.05) is 19.1 Å². The van der Waals surface area contributed by atoms with E-state index in [4.69, 9.17) is 14.1 Å². The van der Waals surface area contributed by atoms with Crippen LogP contribution in [0.3, 0.4) is 0 Å². The van der Waals surface area contributed by atoms with Crippen molar-refractivity contribution in [2.45, 2.75) is 52.3 Å². The lowest BCUT2D eigenvalue weighted by molar-refractivity contribution is -0.162. The summed E-state index contributed by atoms with van der Waals surface area (Å²) < 4.78 is 15.6. The maximum Gasteiger partial charge on any atom is 0.363 e. The van der Waals surface area contributed by atoms with E-state index in [1.165, 1.54) is 13.8 Å². The lowest BCUT2D eigenvalue weighted by atomic mass is 9.79. The normalized spacial score (nSPS) is 16.5. The van der Waals surface area contributed by atoms with Gasteiger partial charge in [-0.15, -0.1) is 0 Å². The van der Waals surface area contributed by atoms with E-state index in [1.54, 1.807) is 12.1 Å². The smallest absolute Gasteiger partial charge is 0.363 e. The quantitative estimate of drug-likeness (QED) is 0.474. The minimum Gasteiger partial charge on any atom is -0.561 e. The van der Waals surface area contributed by atoms with Crippen LogP contribution in [0.15, 0.2) is 18.2 Å². The second-order valence-corrected chi connectivity index (χ2v) is 5.91. The van der Waals surface area contributed by atoms with Gasteiger partial charge in [-0.3, -0.25) is 9.59 Å². The van der Waals surface area contributed by atoms with E-state index in [0.29, 0.717) is 18.6 Å². The fourth-order valence-corrected chi connectivity index (χ4v) is 2.68. The number of fused-ring (bicyclic) bond motifs is 1. The number of nitrogens with one attached hydrogen (secondary N) is 1. The fraction of sp³-hybridized carbons (Fsp3) is 0.471. The SMILES string of the molecule is CCCC(=O)N[C@@H]1BOc2c(cccc2C(=O)OC(C)OC(C)=O)C1. The molecule has 0 fully saturated rings. The van der Waals surface area contributed by atoms with Gasteiger partial charge in [0.05, 0.1) is 0 Å². The molecule has 1 N–H and O–H groups in total. The van der Waals surface area contributed by atoms with Crippen molar-refractivity contribution in [1.29, 1.82) is 0 Å². The summed E-state index contributed by atoms with van der Waals surface area (Å²) in [6, 6.07) is 5.17. The molecule has 0 radical (unpaired) electrons. The van der Waals surface area contributed by atoms with E-state index in [2.05, 4.69) is 5.32 Å². The summed E-state index contributed by atoms with van der Waals surface area (Å²) in [5.74, 6) is -0.844. The zero-order chi connectivity index (χ0) is 18.4. The van der Waals surface area contributed by atoms with Crippen molar-refractivity contribution < 1.29 is 28.5 Å². The van der Waals surface area contributed by atoms with Crippen LogP contribution in [-0.2, 0) is 25.5 Å². The summed E-state index contributed by atoms with van der Waals surface area (Å²) >= 11 is 0. The van der Waals surface area contributed by atoms with E-state index in [-0.39, 0.29) is 24.9 Å². The van der Waals surface area contributed by atoms with Crippen molar-refractivity contribution >= 4 is 25.3 Å². The Bertz CT molecular complexity index is 663. The Morgan fingerprint density at radius 2 is 2.12 bits per heavy atom. The summed E-state index contributed by atoms with van der Waals surface area (Å²) in [6.07, 6.45) is 0.854. The Morgan fingerprint density at radius 3 is 2.80 bits per heavy atom. The number of carbonyl (C=O) groups excluding carboxylic acids is 3. The molecule has 1 aliphatic heterocycles. The van der Waals surface area contributed by atoms with Crippen molar-refractivity contribution in [1.82, 2.24) is 5.32 Å². The third-order valence-corrected chi connectivity index (χ3v) is 3.66. The first kappa shape index (κ1) is 18.8. The third-order valence-electron chi connectivity index (χ3n) is 3.66. The summed E-state index contributed by atoms with van der Waals surface area (Å²) in [5, 5.41) is 2.93. The Hall–Kier alpha value is -2.51. The number of ether oxygens (including phenoxy) is 2. The van der Waals surface area contributed by atoms with Crippen LogP contribution in [0, 0.1) is 0 Å². The molecule has 1 aromatic carbocycles. The molecule has 7 nitrogen and oxygen atoms in total. The Labute approximate surface area is 147 Å². The molecule has 0 saturated heterocycles. The lowest BCUT2D eigenvalue weighted by Gasteiger charge is -2.26. The molecule has 25 heavy (non-hydrogen) atoms. The maximum atomic E-state index is 12.3. The van der Waals surface area contributed by atoms with Crippen LogP contribution in [0.1, 0.15) is 49.5 Å². The number of carbonyl (C=O) groups is 3. The van der Waals surface area contributed by atoms with Crippen molar-refractivity contribution in [3.05, 3.63) is 29.3 Å². The molecule has 1 heterocycles. The molecule has 0 aromatic heterocycles. The Morgan fingerprint density at radius 1 is 1.36 bits per heavy atom. The number of hydrogen-bond acceptors (Lipinski definition) is 6. The van der Waals surface area contributed by atoms with Crippen LogP contribution in [0.2, 0.25) is 0 Å². The topological polar surface area (TPSA) is 90.9 Å². The molecular formula is C17H22BNO6. The summed E-state index contributed by atoms with van der Waals surface area (Å²) in [6.45, 7) is 4.65. The van der Waals surface area contributed by atoms with Gasteiger partial charge >= 0.3 is 19.4 Å². The molecule has 1 unspecified atom stereocenters. The van der Waals surface area contributed by atoms with Crippen molar-refractivity contribution in [3.8, 4) is 5.75 Å². The molecular weight excluding hydrogens is 325 g/mol. The van der Waals surface area contributed by atoms with Crippen molar-refractivity contribution in [2.24, 2.45) is 0 Å². The average Bonchev–Trinajstić information content (AvgIpc) is 2.53. The van der Waals surface area contributed by atoms with Gasteiger partial charge in [-0.25, -0.2) is 4.79 Å². The van der Waals surface area contributed by atoms with E-state index in [1.807, 2.05) is 13.0 Å². The van der Waals surface area contributed by atoms with E-state index < -0.39 is 18.2 Å². The van der Waals surface area contributed by atoms with Gasteiger partial charge in [0.2, 0.25) is 12.2 Å². The van der Waals surface area contributed by atoms with Gasteiger partial charge in [0.15, 0.2) is 0 Å². The highest BCUT2D eigenvalue weighted by atomic mass is 16.7. The molecule has 1 aliphatic rings. The zero-order valence-electron chi connectivity index (χ0n) is 14.7. The molecule has 1 aromatic rings. The van der Waals surface area contributed by atoms with E-state index in [0.717, 1.165) is 12.0 Å². The first-order chi connectivity index (χ1) is 11.9. The van der Waals surface area contributed by atoms with Gasteiger partial charge in [0.1, 0.15) is 11.3 Å². The van der Waals surface area contributed by atoms with E-state index >= 15 is 0 Å². The number of para-hydroxylation sites is 1. The van der Waals surface area contributed by atoms with Gasteiger partial charge in [-0.2, -0.15) is 0 Å². The van der Waals surface area contributed by atoms with Gasteiger partial charge in [0, 0.05) is 26.2 Å². The minimum absolute atomic E-state index is 0.00896. The number of rotatable bonds is 6. The third kappa shape index (κ3) is 5.24. The minimum atomic E-state index is -0.981. The van der Waals surface area contributed by atoms with Crippen LogP contribution < -0.4 is 9.97 Å². The lowest BCUT2D eigenvalue weighted by Crippen LogP contribution is -2.45. The van der Waals surface area contributed by atoms with E-state index in [9.17, 15) is 14.4 Å². The first-order valence-corrected chi connectivity index (χ1v) is 8.33. The molecule has 0 saturated carbocycles. The second-order valence-electron chi connectivity index (χ2n) is 5.91. The zero-order valence-corrected chi connectivity index (χ0v) is 14.7. The summed E-state index contributed by atoms with van der Waals surface area (Å²) in [4.78, 5) is 34.9. The van der Waals surface area contributed by atoms with Gasteiger partial charge < -0.3 is 19.4 Å². The second kappa shape index (κ2) is 8.55. The monoisotopic (exact) mass is 347 g/mol. The Kier molecular flexibility index (Phi) is 6.44. The number of benzene rings is 1. The first-order valence-electron chi connectivity index (χ1n) is 8.33. The molecule has 0 bridgehead atoms. The molecule has 2 rings (SSSR count). The fourth-order valence-electron chi connectivity index (χ4n) is 2.68. The standard InChI is InChI=1S/C17H22BNO6/c1-4-6-15(21)19-14-9-12-7-5-8-13(16(12)25-18-14)17(22)24-11(3)23-10(2)20/h5,7-8,11,14,18H,4,6,9H2,1-3H3,(H,19,21)/t11?,14-/m0/s1. The largest absolute Gasteiger partial charge is 0.561 e. The predicted molar refractivity (Wildman–Crippen MR) is 91.4 cm³/mol. The molecule has 0 aliphatic carbocycles. The molecule has 8 heteroatoms.